The van der Waals surface area contributed by atoms with Crippen molar-refractivity contribution in [1.82, 2.24) is 9.80 Å². The summed E-state index contributed by atoms with van der Waals surface area (Å²) < 4.78 is 0. The predicted molar refractivity (Wildman–Crippen MR) is 107 cm³/mol. The molecule has 3 rings (SSSR count). The van der Waals surface area contributed by atoms with Crippen molar-refractivity contribution in [2.45, 2.75) is 20.4 Å². The van der Waals surface area contributed by atoms with E-state index in [1.165, 1.54) is 11.1 Å². The number of piperazine rings is 1. The van der Waals surface area contributed by atoms with E-state index in [0.29, 0.717) is 5.75 Å². The average molecular weight is 356 g/mol. The molecule has 1 heterocycles. The van der Waals surface area contributed by atoms with Gasteiger partial charge in [-0.3, -0.25) is 4.90 Å². The monoisotopic (exact) mass is 355 g/mol. The quantitative estimate of drug-likeness (QED) is 0.824. The zero-order valence-electron chi connectivity index (χ0n) is 14.8. The van der Waals surface area contributed by atoms with Crippen molar-refractivity contribution in [2.24, 2.45) is 0 Å². The van der Waals surface area contributed by atoms with Gasteiger partial charge in [0.05, 0.1) is 0 Å². The minimum atomic E-state index is 0.329. The van der Waals surface area contributed by atoms with Gasteiger partial charge < -0.3 is 15.3 Å². The first-order chi connectivity index (χ1) is 12.0. The molecule has 0 amide bonds. The first-order valence-corrected chi connectivity index (χ1v) is 9.05. The number of benzene rings is 2. The first kappa shape index (κ1) is 17.7. The van der Waals surface area contributed by atoms with Crippen LogP contribution in [-0.4, -0.2) is 46.2 Å². The molecule has 4 nitrogen and oxygen atoms in total. The van der Waals surface area contributed by atoms with Crippen LogP contribution in [0.5, 0.6) is 5.75 Å². The number of nitrogens with one attached hydrogen (secondary N) is 1. The minimum Gasteiger partial charge on any atom is -0.508 e. The van der Waals surface area contributed by atoms with Crippen molar-refractivity contribution in [3.63, 3.8) is 0 Å². The van der Waals surface area contributed by atoms with Crippen molar-refractivity contribution in [2.75, 3.05) is 31.5 Å². The number of aryl methyl sites for hydroxylation is 2. The molecule has 0 atom stereocenters. The van der Waals surface area contributed by atoms with Crippen LogP contribution in [0, 0.1) is 13.8 Å². The number of thiocarbonyl (C=S) groups is 1. The van der Waals surface area contributed by atoms with Crippen LogP contribution < -0.4 is 5.32 Å². The van der Waals surface area contributed by atoms with Crippen LogP contribution in [-0.2, 0) is 6.54 Å². The van der Waals surface area contributed by atoms with E-state index in [4.69, 9.17) is 12.2 Å². The lowest BCUT2D eigenvalue weighted by Gasteiger charge is -2.36. The summed E-state index contributed by atoms with van der Waals surface area (Å²) >= 11 is 5.60. The van der Waals surface area contributed by atoms with E-state index in [1.54, 1.807) is 6.07 Å². The highest BCUT2D eigenvalue weighted by Crippen LogP contribution is 2.18. The number of phenols is 1. The number of hydrogen-bond acceptors (Lipinski definition) is 3. The number of anilines is 1. The molecule has 2 aromatic rings. The number of phenolic OH excluding ortho intramolecular Hbond substituents is 1. The van der Waals surface area contributed by atoms with Gasteiger partial charge in [0.2, 0.25) is 0 Å². The molecule has 5 heteroatoms. The fourth-order valence-electron chi connectivity index (χ4n) is 3.17. The minimum absolute atomic E-state index is 0.329. The van der Waals surface area contributed by atoms with Crippen molar-refractivity contribution in [3.05, 3.63) is 59.2 Å². The molecule has 0 aliphatic carbocycles. The van der Waals surface area contributed by atoms with Crippen molar-refractivity contribution < 1.29 is 5.11 Å². The van der Waals surface area contributed by atoms with Gasteiger partial charge in [-0.15, -0.1) is 0 Å². The molecule has 2 N–H and O–H groups in total. The normalized spacial score (nSPS) is 15.2. The highest BCUT2D eigenvalue weighted by atomic mass is 32.1. The highest BCUT2D eigenvalue weighted by Gasteiger charge is 2.19. The van der Waals surface area contributed by atoms with Crippen LogP contribution in [0.3, 0.4) is 0 Å². The second-order valence-electron chi connectivity index (χ2n) is 6.68. The zero-order chi connectivity index (χ0) is 17.8. The second-order valence-corrected chi connectivity index (χ2v) is 7.07. The van der Waals surface area contributed by atoms with E-state index in [1.807, 2.05) is 12.1 Å². The maximum atomic E-state index is 9.58. The summed E-state index contributed by atoms with van der Waals surface area (Å²) in [6.07, 6.45) is 0. The molecule has 2 aromatic carbocycles. The number of aromatic hydroxyl groups is 1. The SMILES string of the molecule is Cc1ccc(NC(=S)N2CCN(Cc3cccc(O)c3)CC2)c(C)c1. The third-order valence-corrected chi connectivity index (χ3v) is 4.96. The maximum Gasteiger partial charge on any atom is 0.173 e. The predicted octanol–water partition coefficient (Wildman–Crippen LogP) is 3.52. The molecule has 0 unspecified atom stereocenters. The van der Waals surface area contributed by atoms with Gasteiger partial charge in [-0.05, 0) is 55.4 Å². The third-order valence-electron chi connectivity index (χ3n) is 4.60. The Hall–Kier alpha value is -2.11. The number of nitrogens with zero attached hydrogens (tertiary/aromatic N) is 2. The lowest BCUT2D eigenvalue weighted by atomic mass is 10.1. The van der Waals surface area contributed by atoms with E-state index in [9.17, 15) is 5.11 Å². The van der Waals surface area contributed by atoms with Crippen LogP contribution in [0.15, 0.2) is 42.5 Å². The molecule has 0 aromatic heterocycles. The van der Waals surface area contributed by atoms with Gasteiger partial charge in [0.15, 0.2) is 5.11 Å². The Morgan fingerprint density at radius 3 is 2.52 bits per heavy atom. The molecule has 0 spiro atoms. The molecule has 1 aliphatic heterocycles. The van der Waals surface area contributed by atoms with Crippen molar-refractivity contribution in [3.8, 4) is 5.75 Å². The third kappa shape index (κ3) is 4.71. The van der Waals surface area contributed by atoms with E-state index < -0.39 is 0 Å². The summed E-state index contributed by atoms with van der Waals surface area (Å²) in [7, 11) is 0. The van der Waals surface area contributed by atoms with E-state index >= 15 is 0 Å². The average Bonchev–Trinajstić information content (AvgIpc) is 2.58. The molecule has 132 valence electrons. The number of rotatable bonds is 3. The Balaban J connectivity index is 1.52. The Kier molecular flexibility index (Phi) is 5.56. The van der Waals surface area contributed by atoms with Crippen LogP contribution in [0.2, 0.25) is 0 Å². The number of hydrogen-bond donors (Lipinski definition) is 2. The molecule has 1 saturated heterocycles. The van der Waals surface area contributed by atoms with Crippen LogP contribution in [0.4, 0.5) is 5.69 Å². The van der Waals surface area contributed by atoms with Gasteiger partial charge in [-0.25, -0.2) is 0 Å². The molecular weight excluding hydrogens is 330 g/mol. The Labute approximate surface area is 155 Å². The van der Waals surface area contributed by atoms with Crippen LogP contribution in [0.25, 0.3) is 0 Å². The van der Waals surface area contributed by atoms with Gasteiger partial charge >= 0.3 is 0 Å². The Morgan fingerprint density at radius 2 is 1.84 bits per heavy atom. The molecule has 1 fully saturated rings. The van der Waals surface area contributed by atoms with Crippen molar-refractivity contribution in [1.29, 1.82) is 0 Å². The maximum absolute atomic E-state index is 9.58. The molecule has 1 aliphatic rings. The van der Waals surface area contributed by atoms with Gasteiger partial charge in [-0.1, -0.05) is 29.8 Å². The smallest absolute Gasteiger partial charge is 0.173 e. The molecular formula is C20H25N3OS. The summed E-state index contributed by atoms with van der Waals surface area (Å²) in [5.41, 5.74) is 4.70. The summed E-state index contributed by atoms with van der Waals surface area (Å²) in [6.45, 7) is 8.81. The zero-order valence-corrected chi connectivity index (χ0v) is 15.6. The van der Waals surface area contributed by atoms with Crippen LogP contribution in [0.1, 0.15) is 16.7 Å². The Morgan fingerprint density at radius 1 is 1.08 bits per heavy atom. The Bertz CT molecular complexity index is 754. The molecule has 0 bridgehead atoms. The second kappa shape index (κ2) is 7.85. The fourth-order valence-corrected chi connectivity index (χ4v) is 3.46. The van der Waals surface area contributed by atoms with Gasteiger partial charge in [0.1, 0.15) is 5.75 Å². The first-order valence-electron chi connectivity index (χ1n) is 8.65. The lowest BCUT2D eigenvalue weighted by molar-refractivity contribution is 0.177. The topological polar surface area (TPSA) is 38.7 Å². The van der Waals surface area contributed by atoms with E-state index in [0.717, 1.165) is 49.1 Å². The molecule has 0 radical (unpaired) electrons. The standard InChI is InChI=1S/C20H25N3OS/c1-15-6-7-19(16(2)12-15)21-20(25)23-10-8-22(9-11-23)14-17-4-3-5-18(24)13-17/h3-7,12-13,24H,8-11,14H2,1-2H3,(H,21,25). The van der Waals surface area contributed by atoms with E-state index in [-0.39, 0.29) is 0 Å². The largest absolute Gasteiger partial charge is 0.508 e. The summed E-state index contributed by atoms with van der Waals surface area (Å²) in [4.78, 5) is 4.62. The molecule has 0 saturated carbocycles. The lowest BCUT2D eigenvalue weighted by Crippen LogP contribution is -2.49. The summed E-state index contributed by atoms with van der Waals surface area (Å²) in [6, 6.07) is 13.8. The van der Waals surface area contributed by atoms with Gasteiger partial charge in [-0.2, -0.15) is 0 Å². The van der Waals surface area contributed by atoms with Gasteiger partial charge in [0, 0.05) is 38.4 Å². The van der Waals surface area contributed by atoms with Crippen LogP contribution >= 0.6 is 12.2 Å². The summed E-state index contributed by atoms with van der Waals surface area (Å²) in [5.74, 6) is 0.329. The highest BCUT2D eigenvalue weighted by molar-refractivity contribution is 7.80. The van der Waals surface area contributed by atoms with Gasteiger partial charge in [0.25, 0.3) is 0 Å². The fraction of sp³-hybridized carbons (Fsp3) is 0.350. The molecule has 25 heavy (non-hydrogen) atoms. The summed E-state index contributed by atoms with van der Waals surface area (Å²) in [5, 5.41) is 13.8. The van der Waals surface area contributed by atoms with Crippen molar-refractivity contribution >= 4 is 23.0 Å². The van der Waals surface area contributed by atoms with E-state index in [2.05, 4.69) is 53.2 Å².